The van der Waals surface area contributed by atoms with Crippen LogP contribution in [0.1, 0.15) is 88.7 Å². The Kier molecular flexibility index (Phi) is 9.47. The first-order chi connectivity index (χ1) is 17.1. The molecule has 2 fully saturated rings. The second-order valence-corrected chi connectivity index (χ2v) is 10.7. The van der Waals surface area contributed by atoms with Gasteiger partial charge in [0.2, 0.25) is 11.8 Å². The maximum absolute atomic E-state index is 13.5. The highest BCUT2D eigenvalue weighted by molar-refractivity contribution is 5.78. The molecule has 0 radical (unpaired) electrons. The maximum Gasteiger partial charge on any atom is 0.236 e. The number of nitrogens with zero attached hydrogens (tertiary/aromatic N) is 3. The van der Waals surface area contributed by atoms with Gasteiger partial charge in [0.1, 0.15) is 5.75 Å². The SMILES string of the molecule is CCCCCN(CCCC)C(=O)CN1C[C@H](c2ccc3c(c2)CCO3)C[C@@H]1CCN1CCCC1=O. The van der Waals surface area contributed by atoms with Crippen LogP contribution in [0.4, 0.5) is 0 Å². The van der Waals surface area contributed by atoms with Crippen molar-refractivity contribution in [2.24, 2.45) is 0 Å². The van der Waals surface area contributed by atoms with Crippen LogP contribution in [0.5, 0.6) is 5.75 Å². The van der Waals surface area contributed by atoms with Gasteiger partial charge in [0.15, 0.2) is 0 Å². The van der Waals surface area contributed by atoms with Gasteiger partial charge in [-0.2, -0.15) is 0 Å². The summed E-state index contributed by atoms with van der Waals surface area (Å²) in [6.45, 7) is 10.0. The summed E-state index contributed by atoms with van der Waals surface area (Å²) in [6, 6.07) is 7.02. The molecule has 3 aliphatic heterocycles. The van der Waals surface area contributed by atoms with E-state index in [4.69, 9.17) is 4.74 Å². The molecule has 2 amide bonds. The normalized spacial score (nSPS) is 22.0. The fourth-order valence-corrected chi connectivity index (χ4v) is 5.96. The van der Waals surface area contributed by atoms with Crippen molar-refractivity contribution in [2.75, 3.05) is 45.9 Å². The number of fused-ring (bicyclic) bond motifs is 1. The van der Waals surface area contributed by atoms with Crippen molar-refractivity contribution in [1.82, 2.24) is 14.7 Å². The first kappa shape index (κ1) is 26.0. The monoisotopic (exact) mass is 483 g/mol. The molecule has 3 heterocycles. The van der Waals surface area contributed by atoms with Crippen LogP contribution in [0.3, 0.4) is 0 Å². The first-order valence-electron chi connectivity index (χ1n) is 14.1. The summed E-state index contributed by atoms with van der Waals surface area (Å²) >= 11 is 0. The average Bonchev–Trinajstić information content (AvgIpc) is 3.59. The summed E-state index contributed by atoms with van der Waals surface area (Å²) in [4.78, 5) is 32.2. The third-order valence-corrected chi connectivity index (χ3v) is 8.12. The molecule has 1 aromatic carbocycles. The van der Waals surface area contributed by atoms with Crippen LogP contribution in [0.25, 0.3) is 0 Å². The Hall–Kier alpha value is -2.08. The van der Waals surface area contributed by atoms with E-state index >= 15 is 0 Å². The lowest BCUT2D eigenvalue weighted by atomic mass is 9.93. The van der Waals surface area contributed by atoms with Gasteiger partial charge in [0, 0.05) is 51.6 Å². The zero-order chi connectivity index (χ0) is 24.6. The molecule has 6 nitrogen and oxygen atoms in total. The van der Waals surface area contributed by atoms with Crippen LogP contribution in [0, 0.1) is 0 Å². The minimum atomic E-state index is 0.278. The van der Waals surface area contributed by atoms with E-state index in [0.29, 0.717) is 30.8 Å². The number of amides is 2. The number of ether oxygens (including phenoxy) is 1. The molecule has 0 aromatic heterocycles. The van der Waals surface area contributed by atoms with Gasteiger partial charge in [-0.05, 0) is 55.2 Å². The molecular weight excluding hydrogens is 438 g/mol. The molecular formula is C29H45N3O3. The lowest BCUT2D eigenvalue weighted by Gasteiger charge is -2.29. The number of carbonyl (C=O) groups excluding carboxylic acids is 2. The number of hydrogen-bond donors (Lipinski definition) is 0. The van der Waals surface area contributed by atoms with E-state index < -0.39 is 0 Å². The molecule has 0 aliphatic carbocycles. The van der Waals surface area contributed by atoms with Crippen molar-refractivity contribution >= 4 is 11.8 Å². The van der Waals surface area contributed by atoms with Crippen molar-refractivity contribution in [1.29, 1.82) is 0 Å². The average molecular weight is 484 g/mol. The van der Waals surface area contributed by atoms with Gasteiger partial charge in [0.05, 0.1) is 13.2 Å². The van der Waals surface area contributed by atoms with Crippen LogP contribution in [-0.4, -0.2) is 78.4 Å². The van der Waals surface area contributed by atoms with Gasteiger partial charge >= 0.3 is 0 Å². The van der Waals surface area contributed by atoms with Crippen molar-refractivity contribution in [3.8, 4) is 5.75 Å². The molecule has 0 N–H and O–H groups in total. The van der Waals surface area contributed by atoms with Crippen LogP contribution >= 0.6 is 0 Å². The van der Waals surface area contributed by atoms with Gasteiger partial charge in [-0.15, -0.1) is 0 Å². The van der Waals surface area contributed by atoms with Crippen molar-refractivity contribution < 1.29 is 14.3 Å². The second-order valence-electron chi connectivity index (χ2n) is 10.7. The Labute approximate surface area is 212 Å². The van der Waals surface area contributed by atoms with E-state index in [1.54, 1.807) is 0 Å². The van der Waals surface area contributed by atoms with Crippen molar-refractivity contribution in [3.05, 3.63) is 29.3 Å². The zero-order valence-corrected chi connectivity index (χ0v) is 22.0. The molecule has 3 aliphatic rings. The number of benzene rings is 1. The summed E-state index contributed by atoms with van der Waals surface area (Å²) in [5.74, 6) is 2.03. The quantitative estimate of drug-likeness (QED) is 0.385. The largest absolute Gasteiger partial charge is 0.493 e. The van der Waals surface area contributed by atoms with E-state index in [1.807, 2.05) is 4.90 Å². The van der Waals surface area contributed by atoms with Gasteiger partial charge in [-0.1, -0.05) is 45.2 Å². The predicted octanol–water partition coefficient (Wildman–Crippen LogP) is 4.61. The maximum atomic E-state index is 13.5. The standard InChI is InChI=1S/C29H45N3O3/c1-3-5-7-15-30(14-6-4-2)29(34)22-32-21-25(23-10-11-27-24(19-23)13-18-35-27)20-26(32)12-17-31-16-8-9-28(31)33/h10-11,19,25-26H,3-9,12-18,20-22H2,1-2H3/t25-,26+/m1/s1. The number of carbonyl (C=O) groups is 2. The Balaban J connectivity index is 1.43. The minimum absolute atomic E-state index is 0.278. The summed E-state index contributed by atoms with van der Waals surface area (Å²) < 4.78 is 5.72. The predicted molar refractivity (Wildman–Crippen MR) is 140 cm³/mol. The molecule has 4 rings (SSSR count). The minimum Gasteiger partial charge on any atom is -0.493 e. The van der Waals surface area contributed by atoms with Gasteiger partial charge < -0.3 is 14.5 Å². The van der Waals surface area contributed by atoms with E-state index in [0.717, 1.165) is 90.0 Å². The molecule has 35 heavy (non-hydrogen) atoms. The molecule has 194 valence electrons. The van der Waals surface area contributed by atoms with E-state index in [2.05, 4.69) is 41.8 Å². The highest BCUT2D eigenvalue weighted by atomic mass is 16.5. The highest BCUT2D eigenvalue weighted by Gasteiger charge is 2.35. The van der Waals surface area contributed by atoms with Crippen molar-refractivity contribution in [3.63, 3.8) is 0 Å². The molecule has 6 heteroatoms. The van der Waals surface area contributed by atoms with Gasteiger partial charge in [-0.25, -0.2) is 0 Å². The van der Waals surface area contributed by atoms with E-state index in [9.17, 15) is 9.59 Å². The molecule has 2 atom stereocenters. The number of rotatable bonds is 13. The Bertz CT molecular complexity index is 858. The summed E-state index contributed by atoms with van der Waals surface area (Å²) in [5.41, 5.74) is 2.69. The molecule has 2 saturated heterocycles. The lowest BCUT2D eigenvalue weighted by Crippen LogP contribution is -2.44. The number of unbranched alkanes of at least 4 members (excludes halogenated alkanes) is 3. The molecule has 0 spiro atoms. The Morgan fingerprint density at radius 1 is 1.11 bits per heavy atom. The van der Waals surface area contributed by atoms with Crippen LogP contribution in [0.2, 0.25) is 0 Å². The van der Waals surface area contributed by atoms with E-state index in [-0.39, 0.29) is 5.91 Å². The second kappa shape index (κ2) is 12.8. The summed E-state index contributed by atoms with van der Waals surface area (Å²) in [7, 11) is 0. The summed E-state index contributed by atoms with van der Waals surface area (Å²) in [5, 5.41) is 0. The topological polar surface area (TPSA) is 53.1 Å². The van der Waals surface area contributed by atoms with Crippen LogP contribution < -0.4 is 4.74 Å². The van der Waals surface area contributed by atoms with E-state index in [1.165, 1.54) is 24.0 Å². The molecule has 0 unspecified atom stereocenters. The third kappa shape index (κ3) is 6.78. The Morgan fingerprint density at radius 3 is 2.71 bits per heavy atom. The Morgan fingerprint density at radius 2 is 1.94 bits per heavy atom. The fraction of sp³-hybridized carbons (Fsp3) is 0.724. The smallest absolute Gasteiger partial charge is 0.236 e. The molecule has 1 aromatic rings. The molecule has 0 saturated carbocycles. The van der Waals surface area contributed by atoms with Crippen molar-refractivity contribution in [2.45, 2.75) is 90.0 Å². The number of likely N-dealkylation sites (tertiary alicyclic amines) is 2. The van der Waals surface area contributed by atoms with Gasteiger partial charge in [-0.3, -0.25) is 14.5 Å². The fourth-order valence-electron chi connectivity index (χ4n) is 5.96. The zero-order valence-electron chi connectivity index (χ0n) is 22.0. The molecule has 0 bridgehead atoms. The van der Waals surface area contributed by atoms with Crippen LogP contribution in [0.15, 0.2) is 18.2 Å². The third-order valence-electron chi connectivity index (χ3n) is 8.12. The van der Waals surface area contributed by atoms with Gasteiger partial charge in [0.25, 0.3) is 0 Å². The highest BCUT2D eigenvalue weighted by Crippen LogP contribution is 2.36. The lowest BCUT2D eigenvalue weighted by molar-refractivity contribution is -0.133. The number of hydrogen-bond acceptors (Lipinski definition) is 4. The van der Waals surface area contributed by atoms with Crippen LogP contribution in [-0.2, 0) is 16.0 Å². The first-order valence-corrected chi connectivity index (χ1v) is 14.1. The summed E-state index contributed by atoms with van der Waals surface area (Å²) in [6.07, 6.45) is 10.3.